The van der Waals surface area contributed by atoms with E-state index < -0.39 is 0 Å². The Morgan fingerprint density at radius 2 is 2.18 bits per heavy atom. The first kappa shape index (κ1) is 11.9. The number of carbonyl (C=O) groups is 1. The summed E-state index contributed by atoms with van der Waals surface area (Å²) in [6.45, 7) is 1.77. The Bertz CT molecular complexity index is 425. The second-order valence-electron chi connectivity index (χ2n) is 4.50. The standard InChI is InChI=1S/C13H17NO3/c1-8-5-9(3-4-12(8)15)13(16)14-10-6-11(7-10)17-2/h3-5,10-11,15H,6-7H2,1-2H3,(H,14,16). The van der Waals surface area contributed by atoms with Crippen LogP contribution in [-0.2, 0) is 4.74 Å². The van der Waals surface area contributed by atoms with Crippen molar-refractivity contribution in [2.45, 2.75) is 31.9 Å². The molecule has 4 nitrogen and oxygen atoms in total. The number of aromatic hydroxyl groups is 1. The lowest BCUT2D eigenvalue weighted by Crippen LogP contribution is -2.47. The first-order valence-electron chi connectivity index (χ1n) is 5.73. The van der Waals surface area contributed by atoms with E-state index in [0.29, 0.717) is 11.1 Å². The maximum atomic E-state index is 11.9. The van der Waals surface area contributed by atoms with E-state index in [0.717, 1.165) is 12.8 Å². The number of hydrogen-bond acceptors (Lipinski definition) is 3. The predicted octanol–water partition coefficient (Wildman–Crippen LogP) is 1.61. The lowest BCUT2D eigenvalue weighted by atomic mass is 9.89. The van der Waals surface area contributed by atoms with Crippen LogP contribution in [0.3, 0.4) is 0 Å². The highest BCUT2D eigenvalue weighted by Crippen LogP contribution is 2.23. The van der Waals surface area contributed by atoms with Gasteiger partial charge >= 0.3 is 0 Å². The van der Waals surface area contributed by atoms with Gasteiger partial charge in [0, 0.05) is 18.7 Å². The number of amides is 1. The van der Waals surface area contributed by atoms with Crippen molar-refractivity contribution >= 4 is 5.91 Å². The minimum Gasteiger partial charge on any atom is -0.508 e. The van der Waals surface area contributed by atoms with Crippen LogP contribution in [0.4, 0.5) is 0 Å². The maximum Gasteiger partial charge on any atom is 0.251 e. The third-order valence-corrected chi connectivity index (χ3v) is 3.22. The molecule has 2 rings (SSSR count). The smallest absolute Gasteiger partial charge is 0.251 e. The van der Waals surface area contributed by atoms with Crippen LogP contribution >= 0.6 is 0 Å². The predicted molar refractivity (Wildman–Crippen MR) is 64.1 cm³/mol. The number of nitrogens with one attached hydrogen (secondary N) is 1. The summed E-state index contributed by atoms with van der Waals surface area (Å²) in [5, 5.41) is 12.3. The van der Waals surface area contributed by atoms with E-state index in [9.17, 15) is 9.90 Å². The number of rotatable bonds is 3. The van der Waals surface area contributed by atoms with Crippen molar-refractivity contribution in [3.8, 4) is 5.75 Å². The first-order valence-corrected chi connectivity index (χ1v) is 5.73. The van der Waals surface area contributed by atoms with Crippen LogP contribution in [0.1, 0.15) is 28.8 Å². The molecule has 0 spiro atoms. The van der Waals surface area contributed by atoms with E-state index >= 15 is 0 Å². The molecule has 1 aliphatic rings. The van der Waals surface area contributed by atoms with Crippen molar-refractivity contribution in [1.29, 1.82) is 0 Å². The van der Waals surface area contributed by atoms with Crippen molar-refractivity contribution < 1.29 is 14.6 Å². The molecule has 2 N–H and O–H groups in total. The molecule has 1 saturated carbocycles. The summed E-state index contributed by atoms with van der Waals surface area (Å²) < 4.78 is 5.15. The third kappa shape index (κ3) is 2.58. The molecular formula is C13H17NO3. The summed E-state index contributed by atoms with van der Waals surface area (Å²) in [5.74, 6) is 0.122. The van der Waals surface area contributed by atoms with Crippen LogP contribution in [0.25, 0.3) is 0 Å². The molecule has 0 atom stereocenters. The van der Waals surface area contributed by atoms with Crippen molar-refractivity contribution in [3.05, 3.63) is 29.3 Å². The fourth-order valence-electron chi connectivity index (χ4n) is 1.94. The molecule has 0 saturated heterocycles. The van der Waals surface area contributed by atoms with Gasteiger partial charge in [-0.2, -0.15) is 0 Å². The fourth-order valence-corrected chi connectivity index (χ4v) is 1.94. The molecule has 0 heterocycles. The van der Waals surface area contributed by atoms with Gasteiger partial charge in [0.25, 0.3) is 5.91 Å². The molecule has 0 aromatic heterocycles. The van der Waals surface area contributed by atoms with E-state index in [1.807, 2.05) is 0 Å². The highest BCUT2D eigenvalue weighted by molar-refractivity contribution is 5.94. The lowest BCUT2D eigenvalue weighted by molar-refractivity contribution is 0.0176. The molecule has 0 radical (unpaired) electrons. The Morgan fingerprint density at radius 3 is 2.76 bits per heavy atom. The number of phenolic OH excluding ortho intramolecular Hbond substituents is 1. The Labute approximate surface area is 101 Å². The highest BCUT2D eigenvalue weighted by atomic mass is 16.5. The van der Waals surface area contributed by atoms with E-state index in [4.69, 9.17) is 4.74 Å². The average molecular weight is 235 g/mol. The van der Waals surface area contributed by atoms with Gasteiger partial charge in [0.15, 0.2) is 0 Å². The number of carbonyl (C=O) groups excluding carboxylic acids is 1. The van der Waals surface area contributed by atoms with E-state index in [2.05, 4.69) is 5.32 Å². The topological polar surface area (TPSA) is 58.6 Å². The summed E-state index contributed by atoms with van der Waals surface area (Å²) in [6, 6.07) is 5.08. The van der Waals surface area contributed by atoms with Gasteiger partial charge in [0.05, 0.1) is 6.10 Å². The molecule has 1 aromatic rings. The van der Waals surface area contributed by atoms with Gasteiger partial charge in [-0.15, -0.1) is 0 Å². The summed E-state index contributed by atoms with van der Waals surface area (Å²) in [7, 11) is 1.69. The number of hydrogen-bond donors (Lipinski definition) is 2. The van der Waals surface area contributed by atoms with Crippen LogP contribution in [-0.4, -0.2) is 30.3 Å². The molecule has 17 heavy (non-hydrogen) atoms. The zero-order valence-corrected chi connectivity index (χ0v) is 10.1. The minimum absolute atomic E-state index is 0.0901. The molecule has 0 aliphatic heterocycles. The quantitative estimate of drug-likeness (QED) is 0.836. The van der Waals surface area contributed by atoms with Crippen LogP contribution in [0.5, 0.6) is 5.75 Å². The minimum atomic E-state index is -0.0901. The van der Waals surface area contributed by atoms with Gasteiger partial charge in [0.2, 0.25) is 0 Å². The number of methoxy groups -OCH3 is 1. The van der Waals surface area contributed by atoms with Gasteiger partial charge in [-0.25, -0.2) is 0 Å². The summed E-state index contributed by atoms with van der Waals surface area (Å²) in [5.41, 5.74) is 1.29. The van der Waals surface area contributed by atoms with Crippen LogP contribution in [0.15, 0.2) is 18.2 Å². The molecule has 1 amide bonds. The monoisotopic (exact) mass is 235 g/mol. The molecule has 1 aromatic carbocycles. The number of benzene rings is 1. The molecule has 0 unspecified atom stereocenters. The third-order valence-electron chi connectivity index (χ3n) is 3.22. The number of aryl methyl sites for hydroxylation is 1. The molecule has 92 valence electrons. The Kier molecular flexibility index (Phi) is 3.33. The van der Waals surface area contributed by atoms with Crippen LogP contribution in [0.2, 0.25) is 0 Å². The second-order valence-corrected chi connectivity index (χ2v) is 4.50. The van der Waals surface area contributed by atoms with Crippen molar-refractivity contribution in [3.63, 3.8) is 0 Å². The van der Waals surface area contributed by atoms with E-state index in [1.165, 1.54) is 0 Å². The van der Waals surface area contributed by atoms with Gasteiger partial charge in [-0.05, 0) is 43.5 Å². The van der Waals surface area contributed by atoms with Gasteiger partial charge < -0.3 is 15.2 Å². The SMILES string of the molecule is COC1CC(NC(=O)c2ccc(O)c(C)c2)C1. The second kappa shape index (κ2) is 4.75. The van der Waals surface area contributed by atoms with Crippen molar-refractivity contribution in [2.24, 2.45) is 0 Å². The van der Waals surface area contributed by atoms with Crippen LogP contribution < -0.4 is 5.32 Å². The zero-order valence-electron chi connectivity index (χ0n) is 10.1. The summed E-state index contributed by atoms with van der Waals surface area (Å²) >= 11 is 0. The zero-order chi connectivity index (χ0) is 12.4. The Hall–Kier alpha value is -1.55. The van der Waals surface area contributed by atoms with E-state index in [1.54, 1.807) is 32.2 Å². The summed E-state index contributed by atoms with van der Waals surface area (Å²) in [6.07, 6.45) is 2.03. The summed E-state index contributed by atoms with van der Waals surface area (Å²) in [4.78, 5) is 11.9. The van der Waals surface area contributed by atoms with Crippen molar-refractivity contribution in [2.75, 3.05) is 7.11 Å². The van der Waals surface area contributed by atoms with Gasteiger partial charge in [0.1, 0.15) is 5.75 Å². The van der Waals surface area contributed by atoms with Crippen molar-refractivity contribution in [1.82, 2.24) is 5.32 Å². The Morgan fingerprint density at radius 1 is 1.47 bits per heavy atom. The average Bonchev–Trinajstić information content (AvgIpc) is 2.26. The first-order chi connectivity index (χ1) is 8.10. The normalized spacial score (nSPS) is 22.9. The molecule has 1 aliphatic carbocycles. The molecular weight excluding hydrogens is 218 g/mol. The van der Waals surface area contributed by atoms with Gasteiger partial charge in [-0.3, -0.25) is 4.79 Å². The van der Waals surface area contributed by atoms with Gasteiger partial charge in [-0.1, -0.05) is 0 Å². The van der Waals surface area contributed by atoms with E-state index in [-0.39, 0.29) is 23.8 Å². The number of phenols is 1. The fraction of sp³-hybridized carbons (Fsp3) is 0.462. The molecule has 4 heteroatoms. The Balaban J connectivity index is 1.94. The highest BCUT2D eigenvalue weighted by Gasteiger charge is 2.30. The number of ether oxygens (including phenoxy) is 1. The largest absolute Gasteiger partial charge is 0.508 e. The lowest BCUT2D eigenvalue weighted by Gasteiger charge is -2.34. The van der Waals surface area contributed by atoms with Crippen LogP contribution in [0, 0.1) is 6.92 Å². The molecule has 1 fully saturated rings. The molecule has 0 bridgehead atoms. The maximum absolute atomic E-state index is 11.9.